The maximum atomic E-state index is 5.52. The van der Waals surface area contributed by atoms with Gasteiger partial charge in [-0.2, -0.15) is 0 Å². The van der Waals surface area contributed by atoms with E-state index >= 15 is 0 Å². The second-order valence-electron chi connectivity index (χ2n) is 3.32. The van der Waals surface area contributed by atoms with Crippen LogP contribution in [0, 0.1) is 0 Å². The molecule has 78 valence electrons. The van der Waals surface area contributed by atoms with Gasteiger partial charge in [0.05, 0.1) is 12.4 Å². The largest absolute Gasteiger partial charge is 0.499 e. The molecule has 0 aliphatic carbocycles. The average molecular weight is 184 g/mol. The Labute approximate surface area is 83.2 Å². The Balaban J connectivity index is 3.51. The Morgan fingerprint density at radius 3 is 2.38 bits per heavy atom. The molecule has 0 rings (SSSR count). The molecule has 0 bridgehead atoms. The van der Waals surface area contributed by atoms with Crippen LogP contribution in [0.25, 0.3) is 0 Å². The van der Waals surface area contributed by atoms with E-state index in [9.17, 15) is 0 Å². The zero-order chi connectivity index (χ0) is 9.94. The highest BCUT2D eigenvalue weighted by molar-refractivity contribution is 4.92. The van der Waals surface area contributed by atoms with Crippen LogP contribution in [-0.2, 0) is 4.74 Å². The van der Waals surface area contributed by atoms with Crippen molar-refractivity contribution >= 4 is 0 Å². The number of unbranched alkanes of at least 4 members (excludes halogenated alkanes) is 3. The van der Waals surface area contributed by atoms with Crippen LogP contribution in [0.2, 0.25) is 0 Å². The van der Waals surface area contributed by atoms with Gasteiger partial charge < -0.3 is 4.74 Å². The molecule has 0 aromatic carbocycles. The summed E-state index contributed by atoms with van der Waals surface area (Å²) >= 11 is 0. The third kappa shape index (κ3) is 7.89. The normalized spacial score (nSPS) is 11.8. The molecule has 0 fully saturated rings. The van der Waals surface area contributed by atoms with Crippen molar-refractivity contribution in [3.63, 3.8) is 0 Å². The minimum absolute atomic E-state index is 0.805. The molecule has 0 aliphatic rings. The van der Waals surface area contributed by atoms with Gasteiger partial charge >= 0.3 is 0 Å². The fourth-order valence-electron chi connectivity index (χ4n) is 1.37. The third-order valence-corrected chi connectivity index (χ3v) is 2.04. The molecule has 0 aliphatic heterocycles. The number of allylic oxidation sites excluding steroid dienone is 2. The Morgan fingerprint density at radius 1 is 1.08 bits per heavy atom. The minimum atomic E-state index is 0.805. The molecule has 0 heterocycles. The predicted octanol–water partition coefficient (Wildman–Crippen LogP) is 4.29. The standard InChI is InChI=1S/C12H24O/c1-4-7-8-9-11-12(10-5-2)13-6-3/h10H,4-9,11H2,1-3H3. The van der Waals surface area contributed by atoms with Crippen LogP contribution in [-0.4, -0.2) is 6.61 Å². The van der Waals surface area contributed by atoms with Crippen LogP contribution in [0.1, 0.15) is 59.3 Å². The third-order valence-electron chi connectivity index (χ3n) is 2.04. The SMILES string of the molecule is CCC=C(CCCCCC)OCC. The summed E-state index contributed by atoms with van der Waals surface area (Å²) in [4.78, 5) is 0. The summed E-state index contributed by atoms with van der Waals surface area (Å²) in [6, 6.07) is 0. The van der Waals surface area contributed by atoms with E-state index in [2.05, 4.69) is 26.8 Å². The van der Waals surface area contributed by atoms with E-state index in [1.807, 2.05) is 0 Å². The van der Waals surface area contributed by atoms with Crippen molar-refractivity contribution in [1.29, 1.82) is 0 Å². The van der Waals surface area contributed by atoms with Crippen molar-refractivity contribution in [2.75, 3.05) is 6.61 Å². The molecular weight excluding hydrogens is 160 g/mol. The quantitative estimate of drug-likeness (QED) is 0.404. The molecule has 0 saturated heterocycles. The van der Waals surface area contributed by atoms with Gasteiger partial charge in [0, 0.05) is 6.42 Å². The first-order valence-electron chi connectivity index (χ1n) is 5.66. The first kappa shape index (κ1) is 12.5. The van der Waals surface area contributed by atoms with E-state index in [4.69, 9.17) is 4.74 Å². The van der Waals surface area contributed by atoms with Crippen LogP contribution in [0.4, 0.5) is 0 Å². The van der Waals surface area contributed by atoms with Gasteiger partial charge in [-0.05, 0) is 25.8 Å². The first-order valence-corrected chi connectivity index (χ1v) is 5.66. The molecule has 0 unspecified atom stereocenters. The van der Waals surface area contributed by atoms with Gasteiger partial charge in [0.2, 0.25) is 0 Å². The lowest BCUT2D eigenvalue weighted by atomic mass is 10.1. The lowest BCUT2D eigenvalue weighted by Crippen LogP contribution is -1.92. The van der Waals surface area contributed by atoms with Gasteiger partial charge in [0.25, 0.3) is 0 Å². The second-order valence-corrected chi connectivity index (χ2v) is 3.32. The van der Waals surface area contributed by atoms with Gasteiger partial charge in [-0.1, -0.05) is 33.1 Å². The van der Waals surface area contributed by atoms with Crippen LogP contribution in [0.5, 0.6) is 0 Å². The number of hydrogen-bond donors (Lipinski definition) is 0. The molecule has 0 aromatic rings. The summed E-state index contributed by atoms with van der Waals surface area (Å²) in [5.74, 6) is 1.20. The number of rotatable bonds is 8. The fraction of sp³-hybridized carbons (Fsp3) is 0.833. The van der Waals surface area contributed by atoms with E-state index in [0.29, 0.717) is 0 Å². The van der Waals surface area contributed by atoms with Crippen molar-refractivity contribution in [1.82, 2.24) is 0 Å². The van der Waals surface area contributed by atoms with E-state index in [0.717, 1.165) is 19.4 Å². The molecule has 0 N–H and O–H groups in total. The highest BCUT2D eigenvalue weighted by Gasteiger charge is 1.96. The molecule has 1 heteroatoms. The minimum Gasteiger partial charge on any atom is -0.499 e. The monoisotopic (exact) mass is 184 g/mol. The van der Waals surface area contributed by atoms with E-state index in [-0.39, 0.29) is 0 Å². The Bertz CT molecular complexity index is 127. The summed E-state index contributed by atoms with van der Waals surface area (Å²) in [5, 5.41) is 0. The summed E-state index contributed by atoms with van der Waals surface area (Å²) < 4.78 is 5.52. The molecule has 0 radical (unpaired) electrons. The lowest BCUT2D eigenvalue weighted by Gasteiger charge is -2.07. The van der Waals surface area contributed by atoms with Crippen molar-refractivity contribution in [2.45, 2.75) is 59.3 Å². The van der Waals surface area contributed by atoms with Crippen molar-refractivity contribution < 1.29 is 4.74 Å². The summed E-state index contributed by atoms with van der Waals surface area (Å²) in [7, 11) is 0. The Hall–Kier alpha value is -0.460. The van der Waals surface area contributed by atoms with Crippen molar-refractivity contribution in [3.8, 4) is 0 Å². The smallest absolute Gasteiger partial charge is 0.0919 e. The van der Waals surface area contributed by atoms with Crippen LogP contribution >= 0.6 is 0 Å². The van der Waals surface area contributed by atoms with Gasteiger partial charge in [-0.25, -0.2) is 0 Å². The van der Waals surface area contributed by atoms with Gasteiger partial charge in [0.15, 0.2) is 0 Å². The maximum absolute atomic E-state index is 5.52. The molecule has 13 heavy (non-hydrogen) atoms. The molecule has 0 atom stereocenters. The van der Waals surface area contributed by atoms with Crippen molar-refractivity contribution in [3.05, 3.63) is 11.8 Å². The highest BCUT2D eigenvalue weighted by atomic mass is 16.5. The molecule has 1 nitrogen and oxygen atoms in total. The van der Waals surface area contributed by atoms with Gasteiger partial charge in [-0.3, -0.25) is 0 Å². The molecule has 0 amide bonds. The van der Waals surface area contributed by atoms with Crippen molar-refractivity contribution in [2.24, 2.45) is 0 Å². The Morgan fingerprint density at radius 2 is 1.85 bits per heavy atom. The summed E-state index contributed by atoms with van der Waals surface area (Å²) in [5.41, 5.74) is 0. The Kier molecular flexibility index (Phi) is 9.29. The molecular formula is C12H24O. The topological polar surface area (TPSA) is 9.23 Å². The first-order chi connectivity index (χ1) is 6.35. The van der Waals surface area contributed by atoms with Crippen LogP contribution < -0.4 is 0 Å². The fourth-order valence-corrected chi connectivity index (χ4v) is 1.37. The molecule has 0 saturated carbocycles. The summed E-state index contributed by atoms with van der Waals surface area (Å²) in [6.45, 7) is 7.26. The maximum Gasteiger partial charge on any atom is 0.0919 e. The average Bonchev–Trinajstić information content (AvgIpc) is 2.13. The highest BCUT2D eigenvalue weighted by Crippen LogP contribution is 2.11. The number of ether oxygens (including phenoxy) is 1. The zero-order valence-electron chi connectivity index (χ0n) is 9.44. The van der Waals surface area contributed by atoms with E-state index in [1.54, 1.807) is 0 Å². The van der Waals surface area contributed by atoms with Crippen LogP contribution in [0.15, 0.2) is 11.8 Å². The zero-order valence-corrected chi connectivity index (χ0v) is 9.44. The molecule has 0 spiro atoms. The second kappa shape index (κ2) is 9.63. The van der Waals surface area contributed by atoms with Gasteiger partial charge in [0.1, 0.15) is 0 Å². The number of hydrogen-bond acceptors (Lipinski definition) is 1. The van der Waals surface area contributed by atoms with Crippen LogP contribution in [0.3, 0.4) is 0 Å². The predicted molar refractivity (Wildman–Crippen MR) is 58.8 cm³/mol. The summed E-state index contributed by atoms with van der Waals surface area (Å²) in [6.07, 6.45) is 9.69. The lowest BCUT2D eigenvalue weighted by molar-refractivity contribution is 0.215. The van der Waals surface area contributed by atoms with Gasteiger partial charge in [-0.15, -0.1) is 0 Å². The molecule has 0 aromatic heterocycles. The van der Waals surface area contributed by atoms with E-state index in [1.165, 1.54) is 31.4 Å². The van der Waals surface area contributed by atoms with E-state index < -0.39 is 0 Å².